The Morgan fingerprint density at radius 2 is 2.00 bits per heavy atom. The Bertz CT molecular complexity index is 609. The molecule has 7 heteroatoms. The highest BCUT2D eigenvalue weighted by Crippen LogP contribution is 2.18. The predicted octanol–water partition coefficient (Wildman–Crippen LogP) is 2.28. The van der Waals surface area contributed by atoms with Gasteiger partial charge in [0.05, 0.1) is 5.02 Å². The molecule has 0 saturated heterocycles. The number of amides is 1. The van der Waals surface area contributed by atoms with E-state index in [1.54, 1.807) is 12.1 Å². The second kappa shape index (κ2) is 4.89. The molecule has 92 valence electrons. The van der Waals surface area contributed by atoms with E-state index in [0.29, 0.717) is 0 Å². The van der Waals surface area contributed by atoms with Gasteiger partial charge in [0.25, 0.3) is 5.91 Å². The SMILES string of the molecule is O=C(O)c1ccc(C(=O)Nc2ncccc2Cl)o1. The fourth-order valence-corrected chi connectivity index (χ4v) is 1.39. The van der Waals surface area contributed by atoms with Crippen molar-refractivity contribution in [1.29, 1.82) is 0 Å². The first-order valence-electron chi connectivity index (χ1n) is 4.83. The average molecular weight is 267 g/mol. The smallest absolute Gasteiger partial charge is 0.371 e. The summed E-state index contributed by atoms with van der Waals surface area (Å²) in [5.74, 6) is -2.13. The molecule has 0 aliphatic heterocycles. The molecule has 2 rings (SSSR count). The lowest BCUT2D eigenvalue weighted by Gasteiger charge is -2.03. The lowest BCUT2D eigenvalue weighted by molar-refractivity contribution is 0.0660. The quantitative estimate of drug-likeness (QED) is 0.889. The molecule has 0 spiro atoms. The van der Waals surface area contributed by atoms with Crippen LogP contribution in [0.4, 0.5) is 5.82 Å². The first-order valence-corrected chi connectivity index (χ1v) is 5.20. The van der Waals surface area contributed by atoms with Crippen LogP contribution in [0, 0.1) is 0 Å². The first-order chi connectivity index (χ1) is 8.58. The molecule has 0 unspecified atom stereocenters. The molecule has 0 atom stereocenters. The lowest BCUT2D eigenvalue weighted by atomic mass is 10.4. The minimum atomic E-state index is -1.25. The normalized spacial score (nSPS) is 10.1. The molecule has 0 radical (unpaired) electrons. The Morgan fingerprint density at radius 1 is 1.28 bits per heavy atom. The van der Waals surface area contributed by atoms with Crippen molar-refractivity contribution in [3.63, 3.8) is 0 Å². The van der Waals surface area contributed by atoms with Crippen LogP contribution in [0.2, 0.25) is 5.02 Å². The molecule has 0 saturated carbocycles. The number of carboxylic acid groups (broad SMARTS) is 1. The number of aromatic nitrogens is 1. The van der Waals surface area contributed by atoms with E-state index in [0.717, 1.165) is 0 Å². The maximum atomic E-state index is 11.7. The largest absolute Gasteiger partial charge is 0.475 e. The number of carbonyl (C=O) groups is 2. The number of rotatable bonds is 3. The number of nitrogens with zero attached hydrogens (tertiary/aromatic N) is 1. The summed E-state index contributed by atoms with van der Waals surface area (Å²) in [5, 5.41) is 11.3. The van der Waals surface area contributed by atoms with Gasteiger partial charge in [-0.15, -0.1) is 0 Å². The number of carbonyl (C=O) groups excluding carboxylic acids is 1. The monoisotopic (exact) mass is 266 g/mol. The molecule has 2 heterocycles. The van der Waals surface area contributed by atoms with Gasteiger partial charge in [-0.05, 0) is 24.3 Å². The highest BCUT2D eigenvalue weighted by Gasteiger charge is 2.16. The number of furan rings is 1. The molecule has 0 bridgehead atoms. The van der Waals surface area contributed by atoms with Crippen LogP contribution in [0.15, 0.2) is 34.9 Å². The molecule has 2 aromatic rings. The number of pyridine rings is 1. The van der Waals surface area contributed by atoms with Gasteiger partial charge in [-0.1, -0.05) is 11.6 Å². The molecule has 0 fully saturated rings. The van der Waals surface area contributed by atoms with Crippen molar-refractivity contribution in [3.8, 4) is 0 Å². The Labute approximate surface area is 106 Å². The summed E-state index contributed by atoms with van der Waals surface area (Å²) in [6.07, 6.45) is 1.46. The zero-order chi connectivity index (χ0) is 13.1. The minimum absolute atomic E-state index is 0.130. The van der Waals surface area contributed by atoms with Crippen molar-refractivity contribution in [2.75, 3.05) is 5.32 Å². The van der Waals surface area contributed by atoms with Crippen LogP contribution >= 0.6 is 11.6 Å². The number of nitrogens with one attached hydrogen (secondary N) is 1. The van der Waals surface area contributed by atoms with Gasteiger partial charge in [0.2, 0.25) is 5.76 Å². The van der Waals surface area contributed by atoms with E-state index >= 15 is 0 Å². The third-order valence-corrected chi connectivity index (χ3v) is 2.34. The van der Waals surface area contributed by atoms with Crippen LogP contribution in [0.3, 0.4) is 0 Å². The summed E-state index contributed by atoms with van der Waals surface area (Å²) in [5.41, 5.74) is 0. The number of carboxylic acids is 1. The second-order valence-electron chi connectivity index (χ2n) is 3.26. The van der Waals surface area contributed by atoms with E-state index < -0.39 is 11.9 Å². The van der Waals surface area contributed by atoms with Crippen LogP contribution in [-0.4, -0.2) is 22.0 Å². The predicted molar refractivity (Wildman–Crippen MR) is 62.9 cm³/mol. The molecule has 1 amide bonds. The number of aromatic carboxylic acids is 1. The van der Waals surface area contributed by atoms with Crippen LogP contribution in [0.5, 0.6) is 0 Å². The van der Waals surface area contributed by atoms with Crippen LogP contribution in [0.25, 0.3) is 0 Å². The molecular formula is C11H7ClN2O4. The summed E-state index contributed by atoms with van der Waals surface area (Å²) in [6.45, 7) is 0. The summed E-state index contributed by atoms with van der Waals surface area (Å²) in [4.78, 5) is 26.2. The highest BCUT2D eigenvalue weighted by molar-refractivity contribution is 6.33. The molecular weight excluding hydrogens is 260 g/mol. The second-order valence-corrected chi connectivity index (χ2v) is 3.66. The van der Waals surface area contributed by atoms with E-state index in [1.807, 2.05) is 0 Å². The van der Waals surface area contributed by atoms with E-state index in [9.17, 15) is 9.59 Å². The van der Waals surface area contributed by atoms with Gasteiger partial charge >= 0.3 is 5.97 Å². The maximum absolute atomic E-state index is 11.7. The topological polar surface area (TPSA) is 92.4 Å². The number of hydrogen-bond acceptors (Lipinski definition) is 4. The van der Waals surface area contributed by atoms with Crippen molar-refractivity contribution in [1.82, 2.24) is 4.98 Å². The minimum Gasteiger partial charge on any atom is -0.475 e. The van der Waals surface area contributed by atoms with Crippen LogP contribution in [-0.2, 0) is 0 Å². The Balaban J connectivity index is 2.17. The first kappa shape index (κ1) is 12.1. The molecule has 2 aromatic heterocycles. The number of anilines is 1. The van der Waals surface area contributed by atoms with Crippen molar-refractivity contribution in [2.24, 2.45) is 0 Å². The maximum Gasteiger partial charge on any atom is 0.371 e. The molecule has 0 aliphatic carbocycles. The van der Waals surface area contributed by atoms with Gasteiger partial charge in [0.15, 0.2) is 11.6 Å². The van der Waals surface area contributed by atoms with Crippen molar-refractivity contribution < 1.29 is 19.1 Å². The number of halogens is 1. The fourth-order valence-electron chi connectivity index (χ4n) is 1.22. The Kier molecular flexibility index (Phi) is 3.29. The molecule has 18 heavy (non-hydrogen) atoms. The number of hydrogen-bond donors (Lipinski definition) is 2. The third-order valence-electron chi connectivity index (χ3n) is 2.03. The molecule has 0 aliphatic rings. The summed E-state index contributed by atoms with van der Waals surface area (Å²) < 4.78 is 4.84. The van der Waals surface area contributed by atoms with Gasteiger partial charge in [-0.2, -0.15) is 0 Å². The summed E-state index contributed by atoms with van der Waals surface area (Å²) in [7, 11) is 0. The van der Waals surface area contributed by atoms with Gasteiger partial charge in [-0.3, -0.25) is 4.79 Å². The summed E-state index contributed by atoms with van der Waals surface area (Å²) >= 11 is 5.81. The summed E-state index contributed by atoms with van der Waals surface area (Å²) in [6, 6.07) is 5.63. The van der Waals surface area contributed by atoms with Crippen molar-refractivity contribution >= 4 is 29.3 Å². The lowest BCUT2D eigenvalue weighted by Crippen LogP contribution is -2.12. The molecule has 6 nitrogen and oxygen atoms in total. The van der Waals surface area contributed by atoms with Crippen LogP contribution in [0.1, 0.15) is 21.1 Å². The standard InChI is InChI=1S/C11H7ClN2O4/c12-6-2-1-5-13-9(6)14-10(15)7-3-4-8(18-7)11(16)17/h1-5H,(H,16,17)(H,13,14,15). The Morgan fingerprint density at radius 3 is 2.61 bits per heavy atom. The third kappa shape index (κ3) is 2.49. The van der Waals surface area contributed by atoms with Crippen LogP contribution < -0.4 is 5.32 Å². The average Bonchev–Trinajstić information content (AvgIpc) is 2.81. The van der Waals surface area contributed by atoms with Gasteiger partial charge in [0.1, 0.15) is 0 Å². The van der Waals surface area contributed by atoms with Gasteiger partial charge < -0.3 is 14.8 Å². The van der Waals surface area contributed by atoms with E-state index in [1.165, 1.54) is 18.3 Å². The van der Waals surface area contributed by atoms with E-state index in [4.69, 9.17) is 21.1 Å². The van der Waals surface area contributed by atoms with Crippen molar-refractivity contribution in [3.05, 3.63) is 47.0 Å². The zero-order valence-electron chi connectivity index (χ0n) is 8.88. The van der Waals surface area contributed by atoms with E-state index in [2.05, 4.69) is 10.3 Å². The zero-order valence-corrected chi connectivity index (χ0v) is 9.64. The Hall–Kier alpha value is -2.34. The fraction of sp³-hybridized carbons (Fsp3) is 0. The van der Waals surface area contributed by atoms with Crippen molar-refractivity contribution in [2.45, 2.75) is 0 Å². The van der Waals surface area contributed by atoms with Gasteiger partial charge in [0, 0.05) is 6.20 Å². The highest BCUT2D eigenvalue weighted by atomic mass is 35.5. The molecule has 0 aromatic carbocycles. The van der Waals surface area contributed by atoms with Gasteiger partial charge in [-0.25, -0.2) is 9.78 Å². The molecule has 2 N–H and O–H groups in total. The van der Waals surface area contributed by atoms with E-state index in [-0.39, 0.29) is 22.4 Å².